The van der Waals surface area contributed by atoms with Crippen LogP contribution in [0.2, 0.25) is 0 Å². The molecule has 10 heteroatoms. The van der Waals surface area contributed by atoms with Crippen molar-refractivity contribution in [2.75, 3.05) is 6.61 Å². The number of rotatable bonds is 3. The maximum Gasteiger partial charge on any atom is 0.302 e. The fourth-order valence-corrected chi connectivity index (χ4v) is 1.74. The van der Waals surface area contributed by atoms with Gasteiger partial charge in [0, 0.05) is 0 Å². The normalized spacial score (nSPS) is 31.7. The van der Waals surface area contributed by atoms with Gasteiger partial charge in [0.25, 0.3) is 5.91 Å². The molecule has 2 heterocycles. The van der Waals surface area contributed by atoms with Gasteiger partial charge < -0.3 is 25.8 Å². The van der Waals surface area contributed by atoms with E-state index in [1.165, 1.54) is 0 Å². The summed E-state index contributed by atoms with van der Waals surface area (Å²) in [5.41, 5.74) is 3.50. The molecule has 0 spiro atoms. The lowest BCUT2D eigenvalue weighted by Gasteiger charge is -2.13. The maximum absolute atomic E-state index is 11.7. The standard InChI is InChI=1S/C8H12N4O6/c9-6(16)3-7(17)12(11-10-3)8-5(15)4(14)2(1-13)18-8/h2,4-5,8,11,13-15H,1H2,(H2,9,16)/t2-,4-,5-,8-/m1/s1. The minimum atomic E-state index is -1.44. The third kappa shape index (κ3) is 1.80. The lowest BCUT2D eigenvalue weighted by Crippen LogP contribution is -2.36. The van der Waals surface area contributed by atoms with Crippen molar-refractivity contribution in [2.24, 2.45) is 5.73 Å². The van der Waals surface area contributed by atoms with E-state index in [2.05, 4.69) is 10.3 Å². The molecule has 10 nitrogen and oxygen atoms in total. The van der Waals surface area contributed by atoms with Gasteiger partial charge in [-0.2, -0.15) is 0 Å². The molecule has 1 aliphatic heterocycles. The van der Waals surface area contributed by atoms with E-state index in [1.54, 1.807) is 0 Å². The van der Waals surface area contributed by atoms with Crippen LogP contribution in [0.1, 0.15) is 16.7 Å². The Bertz CT molecular complexity index is 510. The summed E-state index contributed by atoms with van der Waals surface area (Å²) >= 11 is 0. The Morgan fingerprint density at radius 1 is 1.50 bits per heavy atom. The third-order valence-electron chi connectivity index (χ3n) is 2.70. The summed E-state index contributed by atoms with van der Waals surface area (Å²) in [5.74, 6) is -1.03. The van der Waals surface area contributed by atoms with Gasteiger partial charge in [-0.15, -0.1) is 5.10 Å². The van der Waals surface area contributed by atoms with Crippen LogP contribution in [0.3, 0.4) is 0 Å². The highest BCUT2D eigenvalue weighted by Gasteiger charge is 2.44. The van der Waals surface area contributed by atoms with Gasteiger partial charge in [0.15, 0.2) is 6.23 Å². The van der Waals surface area contributed by atoms with Gasteiger partial charge in [0.05, 0.1) is 6.61 Å². The van der Waals surface area contributed by atoms with E-state index in [0.29, 0.717) is 0 Å². The molecule has 0 saturated carbocycles. The number of hydrogen-bond acceptors (Lipinski definition) is 7. The van der Waals surface area contributed by atoms with Crippen LogP contribution < -0.4 is 11.3 Å². The minimum Gasteiger partial charge on any atom is -0.394 e. The van der Waals surface area contributed by atoms with Crippen molar-refractivity contribution in [1.82, 2.24) is 15.0 Å². The smallest absolute Gasteiger partial charge is 0.302 e. The largest absolute Gasteiger partial charge is 0.394 e. The zero-order valence-electron chi connectivity index (χ0n) is 9.05. The van der Waals surface area contributed by atoms with E-state index >= 15 is 0 Å². The fraction of sp³-hybridized carbons (Fsp3) is 0.625. The summed E-state index contributed by atoms with van der Waals surface area (Å²) in [5, 5.41) is 33.6. The van der Waals surface area contributed by atoms with Crippen molar-refractivity contribution in [3.8, 4) is 0 Å². The quantitative estimate of drug-likeness (QED) is 0.373. The van der Waals surface area contributed by atoms with Crippen molar-refractivity contribution in [1.29, 1.82) is 0 Å². The SMILES string of the molecule is NC(=O)c1n[nH]n([C@@H]2O[C@H](CO)[C@@H](O)[C@H]2O)c1=O. The molecule has 1 saturated heterocycles. The van der Waals surface area contributed by atoms with E-state index in [-0.39, 0.29) is 0 Å². The average molecular weight is 260 g/mol. The van der Waals surface area contributed by atoms with Crippen LogP contribution in [0.15, 0.2) is 4.79 Å². The van der Waals surface area contributed by atoms with Gasteiger partial charge in [-0.05, 0) is 0 Å². The summed E-state index contributed by atoms with van der Waals surface area (Å²) in [6, 6.07) is 0. The predicted octanol–water partition coefficient (Wildman–Crippen LogP) is -3.72. The molecule has 0 aliphatic carbocycles. The number of carbonyl (C=O) groups is 1. The van der Waals surface area contributed by atoms with Crippen molar-refractivity contribution in [3.05, 3.63) is 16.0 Å². The van der Waals surface area contributed by atoms with Crippen molar-refractivity contribution in [3.63, 3.8) is 0 Å². The van der Waals surface area contributed by atoms with Crippen LogP contribution in [-0.2, 0) is 4.74 Å². The lowest BCUT2D eigenvalue weighted by atomic mass is 10.1. The molecule has 4 atom stereocenters. The number of H-pyrrole nitrogens is 1. The molecule has 0 radical (unpaired) electrons. The Morgan fingerprint density at radius 2 is 2.17 bits per heavy atom. The Morgan fingerprint density at radius 3 is 2.61 bits per heavy atom. The highest BCUT2D eigenvalue weighted by molar-refractivity contribution is 5.90. The second-order valence-corrected chi connectivity index (χ2v) is 3.83. The molecule has 0 unspecified atom stereocenters. The van der Waals surface area contributed by atoms with Crippen molar-refractivity contribution < 1.29 is 24.9 Å². The first kappa shape index (κ1) is 12.7. The molecule has 1 aromatic rings. The highest BCUT2D eigenvalue weighted by Crippen LogP contribution is 2.27. The van der Waals surface area contributed by atoms with E-state index in [9.17, 15) is 19.8 Å². The molecular weight excluding hydrogens is 248 g/mol. The van der Waals surface area contributed by atoms with Crippen LogP contribution in [0, 0.1) is 0 Å². The molecule has 1 fully saturated rings. The van der Waals surface area contributed by atoms with Gasteiger partial charge in [-0.25, -0.2) is 9.90 Å². The van der Waals surface area contributed by atoms with Crippen LogP contribution in [0.4, 0.5) is 0 Å². The first-order valence-corrected chi connectivity index (χ1v) is 5.06. The fourth-order valence-electron chi connectivity index (χ4n) is 1.74. The van der Waals surface area contributed by atoms with Crippen molar-refractivity contribution in [2.45, 2.75) is 24.5 Å². The molecule has 0 aromatic carbocycles. The first-order valence-electron chi connectivity index (χ1n) is 5.06. The predicted molar refractivity (Wildman–Crippen MR) is 54.4 cm³/mol. The maximum atomic E-state index is 11.7. The molecule has 6 N–H and O–H groups in total. The van der Waals surface area contributed by atoms with Gasteiger partial charge in [-0.1, -0.05) is 0 Å². The molecular formula is C8H12N4O6. The van der Waals surface area contributed by atoms with Gasteiger partial charge >= 0.3 is 5.56 Å². The second-order valence-electron chi connectivity index (χ2n) is 3.83. The summed E-state index contributed by atoms with van der Waals surface area (Å²) < 4.78 is 5.81. The number of hydrogen-bond donors (Lipinski definition) is 5. The molecule has 18 heavy (non-hydrogen) atoms. The number of primary amides is 1. The summed E-state index contributed by atoms with van der Waals surface area (Å²) in [6.07, 6.45) is -5.10. The Labute approximate surface area is 99.6 Å². The summed E-state index contributed by atoms with van der Waals surface area (Å²) in [7, 11) is 0. The molecule has 100 valence electrons. The number of aromatic nitrogens is 3. The topological polar surface area (TPSA) is 164 Å². The minimum absolute atomic E-state index is 0.527. The lowest BCUT2D eigenvalue weighted by molar-refractivity contribution is -0.0609. The van der Waals surface area contributed by atoms with Crippen LogP contribution in [-0.4, -0.2) is 61.1 Å². The molecule has 1 amide bonds. The Kier molecular flexibility index (Phi) is 3.17. The second kappa shape index (κ2) is 4.49. The molecule has 0 bridgehead atoms. The number of nitrogens with one attached hydrogen (secondary N) is 1. The number of nitrogens with zero attached hydrogens (tertiary/aromatic N) is 2. The number of nitrogens with two attached hydrogens (primary N) is 1. The van der Waals surface area contributed by atoms with Crippen LogP contribution in [0.25, 0.3) is 0 Å². The van der Waals surface area contributed by atoms with Gasteiger partial charge in [0.2, 0.25) is 5.69 Å². The van der Waals surface area contributed by atoms with E-state index in [0.717, 1.165) is 4.68 Å². The Hall–Kier alpha value is -1.75. The molecule has 1 aromatic heterocycles. The monoisotopic (exact) mass is 260 g/mol. The number of aromatic amines is 1. The first-order chi connectivity index (χ1) is 8.47. The zero-order chi connectivity index (χ0) is 13.4. The number of amides is 1. The molecule has 2 rings (SSSR count). The third-order valence-corrected chi connectivity index (χ3v) is 2.70. The average Bonchev–Trinajstić information content (AvgIpc) is 2.82. The number of ether oxygens (including phenoxy) is 1. The highest BCUT2D eigenvalue weighted by atomic mass is 16.6. The van der Waals surface area contributed by atoms with E-state index < -0.39 is 48.3 Å². The Balaban J connectivity index is 2.33. The number of carbonyl (C=O) groups excluding carboxylic acids is 1. The van der Waals surface area contributed by atoms with E-state index in [4.69, 9.17) is 15.6 Å². The number of aliphatic hydroxyl groups is 3. The van der Waals surface area contributed by atoms with Gasteiger partial charge in [-0.3, -0.25) is 9.59 Å². The summed E-state index contributed by atoms with van der Waals surface area (Å²) in [6.45, 7) is -0.527. The zero-order valence-corrected chi connectivity index (χ0v) is 9.05. The number of aliphatic hydroxyl groups excluding tert-OH is 3. The molecule has 1 aliphatic rings. The van der Waals surface area contributed by atoms with Crippen molar-refractivity contribution >= 4 is 5.91 Å². The summed E-state index contributed by atoms with van der Waals surface area (Å²) in [4.78, 5) is 22.5. The van der Waals surface area contributed by atoms with Crippen LogP contribution in [0.5, 0.6) is 0 Å². The van der Waals surface area contributed by atoms with Gasteiger partial charge in [0.1, 0.15) is 18.3 Å². The van der Waals surface area contributed by atoms with E-state index in [1.807, 2.05) is 0 Å². The van der Waals surface area contributed by atoms with Crippen LogP contribution >= 0.6 is 0 Å².